The summed E-state index contributed by atoms with van der Waals surface area (Å²) in [4.78, 5) is 0. The van der Waals surface area contributed by atoms with Crippen LogP contribution in [0.4, 0.5) is 13.2 Å². The summed E-state index contributed by atoms with van der Waals surface area (Å²) in [7, 11) is 1.40. The average molecular weight is 433 g/mol. The van der Waals surface area contributed by atoms with Crippen LogP contribution < -0.4 is 0 Å². The maximum atomic E-state index is 14.7. The Bertz CT molecular complexity index is 837. The van der Waals surface area contributed by atoms with Crippen molar-refractivity contribution in [3.05, 3.63) is 109 Å². The van der Waals surface area contributed by atoms with Crippen LogP contribution >= 0.6 is 0 Å². The molecule has 31 heavy (non-hydrogen) atoms. The lowest BCUT2D eigenvalue weighted by atomic mass is 9.88. The number of rotatable bonds is 14. The normalized spacial score (nSPS) is 14.5. The number of ether oxygens (including phenoxy) is 1. The molecule has 0 aliphatic rings. The first-order chi connectivity index (χ1) is 14.4. The van der Waals surface area contributed by atoms with Gasteiger partial charge in [-0.2, -0.15) is 0 Å². The largest absolute Gasteiger partial charge is 0.497 e. The zero-order valence-electron chi connectivity index (χ0n) is 19.3. The highest BCUT2D eigenvalue weighted by Crippen LogP contribution is 2.33. The van der Waals surface area contributed by atoms with Crippen LogP contribution in [0.25, 0.3) is 0 Å². The molecule has 0 bridgehead atoms. The number of methoxy groups -OCH3 is 1. The number of allylic oxidation sites excluding steroid dienone is 11. The van der Waals surface area contributed by atoms with E-state index in [1.54, 1.807) is 19.1 Å². The standard InChI is InChI=1S/C27H35F3O/c1-11-17(2)12-13-19(4)23(8)26(29)27(30)24(9)20(5)15-14-18(3)22(7)25(28)16-21(6)31-10/h12-13,16,18,20H,2,4,6-9,11,14-15H2,1,3,5,10H3/b13-12-,25-16+,27-26-. The van der Waals surface area contributed by atoms with Crippen LogP contribution in [-0.2, 0) is 4.74 Å². The van der Waals surface area contributed by atoms with Crippen LogP contribution in [-0.4, -0.2) is 7.11 Å². The molecule has 0 aliphatic heterocycles. The zero-order chi connectivity index (χ0) is 24.3. The van der Waals surface area contributed by atoms with Crippen LogP contribution in [0, 0.1) is 11.8 Å². The van der Waals surface area contributed by atoms with Gasteiger partial charge >= 0.3 is 0 Å². The number of hydrogen-bond donors (Lipinski definition) is 0. The predicted octanol–water partition coefficient (Wildman–Crippen LogP) is 8.95. The van der Waals surface area contributed by atoms with Gasteiger partial charge in [0.05, 0.1) is 7.11 Å². The van der Waals surface area contributed by atoms with Gasteiger partial charge in [0.25, 0.3) is 0 Å². The molecule has 170 valence electrons. The van der Waals surface area contributed by atoms with E-state index in [1.807, 2.05) is 13.8 Å². The molecule has 0 radical (unpaired) electrons. The van der Waals surface area contributed by atoms with Crippen molar-refractivity contribution in [3.63, 3.8) is 0 Å². The van der Waals surface area contributed by atoms with Gasteiger partial charge in [-0.15, -0.1) is 0 Å². The third-order valence-corrected chi connectivity index (χ3v) is 5.18. The Kier molecular flexibility index (Phi) is 12.3. The molecule has 0 rings (SSSR count). The second kappa shape index (κ2) is 13.5. The Morgan fingerprint density at radius 1 is 0.839 bits per heavy atom. The quantitative estimate of drug-likeness (QED) is 0.197. The van der Waals surface area contributed by atoms with E-state index in [4.69, 9.17) is 4.74 Å². The van der Waals surface area contributed by atoms with E-state index in [-0.39, 0.29) is 34.3 Å². The van der Waals surface area contributed by atoms with Gasteiger partial charge in [-0.3, -0.25) is 0 Å². The molecule has 0 N–H and O–H groups in total. The Hall–Kier alpha value is -2.75. The number of halogens is 3. The molecule has 4 heteroatoms. The summed E-state index contributed by atoms with van der Waals surface area (Å²) in [5.41, 5.74) is 1.27. The first-order valence-corrected chi connectivity index (χ1v) is 10.1. The molecule has 2 unspecified atom stereocenters. The molecule has 2 atom stereocenters. The van der Waals surface area contributed by atoms with E-state index in [9.17, 15) is 13.2 Å². The highest BCUT2D eigenvalue weighted by molar-refractivity contribution is 5.50. The van der Waals surface area contributed by atoms with Crippen LogP contribution in [0.5, 0.6) is 0 Å². The van der Waals surface area contributed by atoms with Gasteiger partial charge in [0.15, 0.2) is 11.7 Å². The summed E-state index contributed by atoms with van der Waals surface area (Å²) in [5, 5.41) is 0. The van der Waals surface area contributed by atoms with Crippen LogP contribution in [0.3, 0.4) is 0 Å². The van der Waals surface area contributed by atoms with E-state index in [0.717, 1.165) is 12.0 Å². The maximum Gasteiger partial charge on any atom is 0.166 e. The van der Waals surface area contributed by atoms with E-state index >= 15 is 0 Å². The van der Waals surface area contributed by atoms with Crippen molar-refractivity contribution in [1.82, 2.24) is 0 Å². The van der Waals surface area contributed by atoms with Crippen LogP contribution in [0.15, 0.2) is 109 Å². The molecule has 0 saturated carbocycles. The fourth-order valence-corrected chi connectivity index (χ4v) is 2.44. The van der Waals surface area contributed by atoms with Gasteiger partial charge in [0.1, 0.15) is 11.6 Å². The zero-order valence-corrected chi connectivity index (χ0v) is 19.3. The van der Waals surface area contributed by atoms with Crippen molar-refractivity contribution >= 4 is 0 Å². The first kappa shape index (κ1) is 28.2. The van der Waals surface area contributed by atoms with E-state index in [2.05, 4.69) is 39.5 Å². The minimum absolute atomic E-state index is 0.0231. The molecule has 0 aromatic rings. The molecule has 0 saturated heterocycles. The topological polar surface area (TPSA) is 9.23 Å². The number of hydrogen-bond acceptors (Lipinski definition) is 1. The second-order valence-corrected chi connectivity index (χ2v) is 7.57. The molecular weight excluding hydrogens is 397 g/mol. The molecular formula is C27H35F3O. The van der Waals surface area contributed by atoms with Crippen molar-refractivity contribution in [2.24, 2.45) is 11.8 Å². The third kappa shape index (κ3) is 9.29. The van der Waals surface area contributed by atoms with E-state index < -0.39 is 17.5 Å². The van der Waals surface area contributed by atoms with Gasteiger partial charge in [-0.05, 0) is 47.8 Å². The second-order valence-electron chi connectivity index (χ2n) is 7.57. The SMILES string of the molecule is C=C(/C=C\C(=C)C(=C)/C(F)=C(/F)C(=C)C(C)CCC(C)C(=C)/C(F)=C\C(=C)OC)CC. The Morgan fingerprint density at radius 3 is 1.84 bits per heavy atom. The summed E-state index contributed by atoms with van der Waals surface area (Å²) in [6.07, 6.45) is 6.15. The predicted molar refractivity (Wildman–Crippen MR) is 127 cm³/mol. The third-order valence-electron chi connectivity index (χ3n) is 5.18. The van der Waals surface area contributed by atoms with Crippen molar-refractivity contribution in [2.45, 2.75) is 40.0 Å². The fourth-order valence-electron chi connectivity index (χ4n) is 2.44. The van der Waals surface area contributed by atoms with E-state index in [0.29, 0.717) is 18.4 Å². The lowest BCUT2D eigenvalue weighted by molar-refractivity contribution is 0.307. The molecule has 0 aromatic carbocycles. The summed E-state index contributed by atoms with van der Waals surface area (Å²) >= 11 is 0. The van der Waals surface area contributed by atoms with Crippen LogP contribution in [0.1, 0.15) is 40.0 Å². The van der Waals surface area contributed by atoms with Crippen molar-refractivity contribution in [2.75, 3.05) is 7.11 Å². The Morgan fingerprint density at radius 2 is 1.35 bits per heavy atom. The highest BCUT2D eigenvalue weighted by Gasteiger charge is 2.20. The van der Waals surface area contributed by atoms with Crippen LogP contribution in [0.2, 0.25) is 0 Å². The maximum absolute atomic E-state index is 14.7. The van der Waals surface area contributed by atoms with E-state index in [1.165, 1.54) is 13.2 Å². The monoisotopic (exact) mass is 432 g/mol. The molecule has 0 fully saturated rings. The Labute approximate surface area is 186 Å². The lowest BCUT2D eigenvalue weighted by Crippen LogP contribution is -2.06. The summed E-state index contributed by atoms with van der Waals surface area (Å²) in [6, 6.07) is 0. The van der Waals surface area contributed by atoms with Gasteiger partial charge in [0.2, 0.25) is 0 Å². The molecule has 1 nitrogen and oxygen atoms in total. The van der Waals surface area contributed by atoms with Gasteiger partial charge in [-0.1, -0.05) is 78.0 Å². The first-order valence-electron chi connectivity index (χ1n) is 10.1. The highest BCUT2D eigenvalue weighted by atomic mass is 19.2. The van der Waals surface area contributed by atoms with Gasteiger partial charge in [0, 0.05) is 11.6 Å². The molecule has 0 amide bonds. The minimum Gasteiger partial charge on any atom is -0.497 e. The summed E-state index contributed by atoms with van der Waals surface area (Å²) in [6.45, 7) is 27.6. The smallest absolute Gasteiger partial charge is 0.166 e. The molecule has 0 heterocycles. The fraction of sp³-hybridized carbons (Fsp3) is 0.333. The summed E-state index contributed by atoms with van der Waals surface area (Å²) in [5.74, 6) is -3.03. The Balaban J connectivity index is 5.11. The summed E-state index contributed by atoms with van der Waals surface area (Å²) < 4.78 is 48.2. The lowest BCUT2D eigenvalue weighted by Gasteiger charge is -2.18. The minimum atomic E-state index is -1.09. The van der Waals surface area contributed by atoms with Crippen molar-refractivity contribution in [3.8, 4) is 0 Å². The molecule has 0 spiro atoms. The molecule has 0 aliphatic carbocycles. The average Bonchev–Trinajstić information content (AvgIpc) is 2.77. The van der Waals surface area contributed by atoms with Crippen molar-refractivity contribution in [1.29, 1.82) is 0 Å². The molecule has 0 aromatic heterocycles. The van der Waals surface area contributed by atoms with Gasteiger partial charge in [-0.25, -0.2) is 13.2 Å². The van der Waals surface area contributed by atoms with Gasteiger partial charge < -0.3 is 4.74 Å². The van der Waals surface area contributed by atoms with Crippen molar-refractivity contribution < 1.29 is 17.9 Å².